The molecule has 2 unspecified atom stereocenters. The Kier molecular flexibility index (Phi) is 12.5. The molecule has 17 heteroatoms. The minimum Gasteiger partial charge on any atom is -0.496 e. The van der Waals surface area contributed by atoms with Gasteiger partial charge in [-0.1, -0.05) is 57.2 Å². The molecule has 3 aromatic rings. The molecule has 0 bridgehead atoms. The minimum atomic E-state index is -4.36. The van der Waals surface area contributed by atoms with E-state index in [0.29, 0.717) is 40.9 Å². The lowest BCUT2D eigenvalue weighted by Gasteiger charge is -2.37. The van der Waals surface area contributed by atoms with E-state index in [4.69, 9.17) is 14.5 Å². The molecule has 2 N–H and O–H groups in total. The number of piperidine rings is 1. The van der Waals surface area contributed by atoms with Gasteiger partial charge in [-0.3, -0.25) is 23.7 Å². The molecule has 13 nitrogen and oxygen atoms in total. The van der Waals surface area contributed by atoms with Gasteiger partial charge in [-0.2, -0.15) is 13.2 Å². The van der Waals surface area contributed by atoms with Crippen molar-refractivity contribution in [3.63, 3.8) is 0 Å². The third-order valence-corrected chi connectivity index (χ3v) is 13.7. The van der Waals surface area contributed by atoms with E-state index in [1.807, 2.05) is 43.3 Å². The molecular formula is C45H54F3N5O8S. The summed E-state index contributed by atoms with van der Waals surface area (Å²) in [6, 6.07) is 13.3. The van der Waals surface area contributed by atoms with E-state index in [9.17, 15) is 41.1 Å². The SMILES string of the molecule is C=CC1C[C@]1(NC(=O)[C@@H]1C[C@@H](Oc2cc(-c3ccccc3)nc3c(C)c(OC)ccc23)CN1C(=O)[C@@H](CC(=O)N1CCC(C(F)(F)F)CC1)C(C)(C)C)C(=O)N(C1CC1)S(=O)O. The second-order valence-corrected chi connectivity index (χ2v) is 18.9. The quantitative estimate of drug-likeness (QED) is 0.142. The first-order chi connectivity index (χ1) is 29.3. The Labute approximate surface area is 361 Å². The van der Waals surface area contributed by atoms with E-state index in [1.54, 1.807) is 40.0 Å². The molecule has 2 aliphatic heterocycles. The molecule has 1 aromatic heterocycles. The van der Waals surface area contributed by atoms with E-state index < -0.39 is 88.0 Å². The molecule has 0 spiro atoms. The van der Waals surface area contributed by atoms with Crippen LogP contribution >= 0.6 is 0 Å². The fraction of sp³-hybridized carbons (Fsp3) is 0.533. The number of nitrogens with one attached hydrogen (secondary N) is 1. The number of hydrogen-bond donors (Lipinski definition) is 2. The Balaban J connectivity index is 1.22. The van der Waals surface area contributed by atoms with Crippen LogP contribution in [0.15, 0.2) is 61.2 Å². The van der Waals surface area contributed by atoms with Gasteiger partial charge in [-0.15, -0.1) is 6.58 Å². The highest BCUT2D eigenvalue weighted by molar-refractivity contribution is 7.77. The van der Waals surface area contributed by atoms with Gasteiger partial charge in [0.05, 0.1) is 36.7 Å². The average molecular weight is 882 g/mol. The Morgan fingerprint density at radius 1 is 1.06 bits per heavy atom. The third kappa shape index (κ3) is 9.06. The van der Waals surface area contributed by atoms with Crippen molar-refractivity contribution in [2.24, 2.45) is 23.2 Å². The van der Waals surface area contributed by atoms with Crippen molar-refractivity contribution < 1.29 is 50.6 Å². The summed E-state index contributed by atoms with van der Waals surface area (Å²) in [5.41, 5.74) is 0.435. The predicted molar refractivity (Wildman–Crippen MR) is 226 cm³/mol. The summed E-state index contributed by atoms with van der Waals surface area (Å²) >= 11 is -2.64. The summed E-state index contributed by atoms with van der Waals surface area (Å²) in [4.78, 5) is 65.2. The number of aromatic nitrogens is 1. The van der Waals surface area contributed by atoms with Crippen molar-refractivity contribution in [2.75, 3.05) is 26.7 Å². The first-order valence-corrected chi connectivity index (χ1v) is 22.1. The molecule has 6 atom stereocenters. The van der Waals surface area contributed by atoms with Crippen molar-refractivity contribution >= 4 is 45.8 Å². The summed E-state index contributed by atoms with van der Waals surface area (Å²) in [5, 5.41) is 3.54. The highest BCUT2D eigenvalue weighted by atomic mass is 32.2. The number of fused-ring (bicyclic) bond motifs is 1. The zero-order chi connectivity index (χ0) is 44.9. The van der Waals surface area contributed by atoms with Crippen LogP contribution in [-0.4, -0.2) is 108 Å². The number of benzene rings is 2. The van der Waals surface area contributed by atoms with Crippen LogP contribution in [0.4, 0.5) is 13.2 Å². The van der Waals surface area contributed by atoms with Crippen molar-refractivity contribution in [1.82, 2.24) is 24.4 Å². The maximum atomic E-state index is 15.0. The first-order valence-electron chi connectivity index (χ1n) is 21.0. The molecule has 4 aliphatic rings. The van der Waals surface area contributed by atoms with Crippen LogP contribution in [0.3, 0.4) is 0 Å². The molecular weight excluding hydrogens is 828 g/mol. The molecule has 2 aromatic carbocycles. The fourth-order valence-corrected chi connectivity index (χ4v) is 9.69. The summed E-state index contributed by atoms with van der Waals surface area (Å²) in [7, 11) is 1.57. The van der Waals surface area contributed by atoms with Gasteiger partial charge in [0, 0.05) is 60.5 Å². The van der Waals surface area contributed by atoms with Gasteiger partial charge in [0.15, 0.2) is 0 Å². The smallest absolute Gasteiger partial charge is 0.391 e. The van der Waals surface area contributed by atoms with Gasteiger partial charge < -0.3 is 24.6 Å². The van der Waals surface area contributed by atoms with Crippen LogP contribution in [0.2, 0.25) is 0 Å². The lowest BCUT2D eigenvalue weighted by molar-refractivity contribution is -0.186. The van der Waals surface area contributed by atoms with Crippen LogP contribution in [-0.2, 0) is 30.4 Å². The molecule has 3 heterocycles. The number of pyridine rings is 1. The number of ether oxygens (including phenoxy) is 2. The van der Waals surface area contributed by atoms with Crippen LogP contribution in [0.5, 0.6) is 11.5 Å². The van der Waals surface area contributed by atoms with Gasteiger partial charge in [0.2, 0.25) is 17.7 Å². The molecule has 4 amide bonds. The van der Waals surface area contributed by atoms with Crippen molar-refractivity contribution in [2.45, 2.75) is 103 Å². The number of likely N-dealkylation sites (tertiary alicyclic amines) is 2. The van der Waals surface area contributed by atoms with Gasteiger partial charge in [0.1, 0.15) is 29.2 Å². The Hall–Kier alpha value is -5.03. The second-order valence-electron chi connectivity index (χ2n) is 18.1. The second kappa shape index (κ2) is 17.3. The maximum absolute atomic E-state index is 15.0. The Morgan fingerprint density at radius 2 is 1.74 bits per heavy atom. The maximum Gasteiger partial charge on any atom is 0.391 e. The normalized spacial score (nSPS) is 24.0. The molecule has 4 fully saturated rings. The van der Waals surface area contributed by atoms with Crippen LogP contribution < -0.4 is 14.8 Å². The number of aryl methyl sites for hydroxylation is 1. The fourth-order valence-electron chi connectivity index (χ4n) is 8.92. The lowest BCUT2D eigenvalue weighted by Crippen LogP contribution is -2.57. The molecule has 0 radical (unpaired) electrons. The first kappa shape index (κ1) is 45.0. The number of halogens is 3. The average Bonchev–Trinajstić information content (AvgIpc) is 4.15. The van der Waals surface area contributed by atoms with E-state index in [1.165, 1.54) is 15.9 Å². The van der Waals surface area contributed by atoms with Crippen molar-refractivity contribution in [1.29, 1.82) is 0 Å². The molecule has 2 saturated heterocycles. The Morgan fingerprint density at radius 3 is 2.31 bits per heavy atom. The molecule has 62 heavy (non-hydrogen) atoms. The third-order valence-electron chi connectivity index (χ3n) is 12.9. The van der Waals surface area contributed by atoms with Crippen molar-refractivity contribution in [3.05, 3.63) is 66.7 Å². The number of alkyl halides is 3. The molecule has 7 rings (SSSR count). The topological polar surface area (TPSA) is 159 Å². The van der Waals surface area contributed by atoms with Crippen LogP contribution in [0, 0.1) is 30.1 Å². The molecule has 334 valence electrons. The van der Waals surface area contributed by atoms with Crippen molar-refractivity contribution in [3.8, 4) is 22.8 Å². The lowest BCUT2D eigenvalue weighted by atomic mass is 9.77. The number of rotatable bonds is 13. The van der Waals surface area contributed by atoms with E-state index in [2.05, 4.69) is 11.9 Å². The number of amides is 4. The number of nitrogens with zero attached hydrogens (tertiary/aromatic N) is 4. The number of carbonyl (C=O) groups excluding carboxylic acids is 4. The highest BCUT2D eigenvalue weighted by Gasteiger charge is 2.64. The van der Waals surface area contributed by atoms with E-state index in [-0.39, 0.29) is 51.7 Å². The number of carbonyl (C=O) groups is 4. The zero-order valence-corrected chi connectivity index (χ0v) is 36.4. The molecule has 2 saturated carbocycles. The highest BCUT2D eigenvalue weighted by Crippen LogP contribution is 2.48. The van der Waals surface area contributed by atoms with Gasteiger partial charge in [-0.05, 0) is 56.6 Å². The minimum absolute atomic E-state index is 0.0196. The molecule has 2 aliphatic carbocycles. The van der Waals surface area contributed by atoms with Crippen LogP contribution in [0.1, 0.15) is 71.3 Å². The summed E-state index contributed by atoms with van der Waals surface area (Å²) < 4.78 is 76.2. The predicted octanol–water partition coefficient (Wildman–Crippen LogP) is 6.61. The number of methoxy groups -OCH3 is 1. The summed E-state index contributed by atoms with van der Waals surface area (Å²) in [6.07, 6.45) is -3.18. The summed E-state index contributed by atoms with van der Waals surface area (Å²) in [5.74, 6) is -4.35. The van der Waals surface area contributed by atoms with Gasteiger partial charge in [0.25, 0.3) is 17.2 Å². The zero-order valence-electron chi connectivity index (χ0n) is 35.6. The van der Waals surface area contributed by atoms with E-state index in [0.717, 1.165) is 15.4 Å². The van der Waals surface area contributed by atoms with Gasteiger partial charge >= 0.3 is 6.18 Å². The largest absolute Gasteiger partial charge is 0.496 e. The number of hydrogen-bond acceptors (Lipinski definition) is 8. The van der Waals surface area contributed by atoms with E-state index >= 15 is 0 Å². The summed E-state index contributed by atoms with van der Waals surface area (Å²) in [6.45, 7) is 10.8. The Bertz CT molecular complexity index is 2260. The van der Waals surface area contributed by atoms with Gasteiger partial charge in [-0.25, -0.2) is 13.5 Å². The van der Waals surface area contributed by atoms with Crippen LogP contribution in [0.25, 0.3) is 22.2 Å². The monoisotopic (exact) mass is 881 g/mol. The standard InChI is InChI=1S/C45H54F3N5O8S/c1-7-28-24-44(28,42(57)53(62(58)59)30-13-14-30)50-40(55)35-21-31(61-37-23-34(27-11-9-8-10-12-27)49-39-26(2)36(60-6)16-15-32(37)39)25-52(35)41(56)33(43(3,4)5)22-38(54)51-19-17-29(18-20-51)45(46,47)48/h7-12,15-16,23,28-31,33,35H,1,13-14,17-22,24-25H2,2-6H3,(H,50,55)(H,58,59)/t28?,31-,33-,35+,44-/m1/s1.